The second-order valence-corrected chi connectivity index (χ2v) is 7.76. The Morgan fingerprint density at radius 2 is 2.00 bits per heavy atom. The minimum Gasteiger partial charge on any atom is -0.384 e. The normalized spacial score (nSPS) is 19.9. The summed E-state index contributed by atoms with van der Waals surface area (Å²) in [5.74, 6) is 1.90. The van der Waals surface area contributed by atoms with Crippen LogP contribution in [0.15, 0.2) is 18.3 Å². The Balaban J connectivity index is 1.60. The molecule has 1 amide bonds. The van der Waals surface area contributed by atoms with Gasteiger partial charge in [0.05, 0.1) is 5.69 Å². The molecule has 3 heterocycles. The van der Waals surface area contributed by atoms with Crippen LogP contribution in [0.25, 0.3) is 11.1 Å². The van der Waals surface area contributed by atoms with Gasteiger partial charge in [-0.3, -0.25) is 4.79 Å². The van der Waals surface area contributed by atoms with Crippen molar-refractivity contribution in [2.24, 2.45) is 5.92 Å². The minimum atomic E-state index is 0.121. The summed E-state index contributed by atoms with van der Waals surface area (Å²) in [5.41, 5.74) is 14.3. The van der Waals surface area contributed by atoms with Crippen LogP contribution in [-0.2, 0) is 4.79 Å². The van der Waals surface area contributed by atoms with Crippen molar-refractivity contribution >= 4 is 23.5 Å². The van der Waals surface area contributed by atoms with Gasteiger partial charge < -0.3 is 21.7 Å². The highest BCUT2D eigenvalue weighted by molar-refractivity contribution is 5.80. The van der Waals surface area contributed by atoms with Gasteiger partial charge in [0.15, 0.2) is 0 Å². The Bertz CT molecular complexity index is 864. The number of rotatable bonds is 4. The number of aryl methyl sites for hydroxylation is 1. The largest absolute Gasteiger partial charge is 0.384 e. The van der Waals surface area contributed by atoms with Crippen molar-refractivity contribution in [3.05, 3.63) is 24.0 Å². The standard InChI is InChI=1S/C20H27N7O/c1-12-17(14-7-8-16(21)23-10-14)18(26-20(22)24-12)27-9-3-6-15(11-27)25-19(28)13-4-2-5-13/h7-8,10,13,15H,2-6,9,11H2,1H3,(H2,21,23)(H,25,28)(H2,22,24,26). The lowest BCUT2D eigenvalue weighted by Gasteiger charge is -2.36. The molecule has 0 radical (unpaired) electrons. The highest BCUT2D eigenvalue weighted by Gasteiger charge is 2.30. The molecule has 0 bridgehead atoms. The Kier molecular flexibility index (Phi) is 5.02. The van der Waals surface area contributed by atoms with Crippen molar-refractivity contribution < 1.29 is 4.79 Å². The number of piperidine rings is 1. The lowest BCUT2D eigenvalue weighted by molar-refractivity contribution is -0.128. The quantitative estimate of drug-likeness (QED) is 0.739. The first-order valence-corrected chi connectivity index (χ1v) is 9.92. The molecule has 1 atom stereocenters. The van der Waals surface area contributed by atoms with Gasteiger partial charge in [-0.15, -0.1) is 0 Å². The molecule has 4 rings (SSSR count). The third-order valence-corrected chi connectivity index (χ3v) is 5.71. The molecule has 1 aliphatic carbocycles. The lowest BCUT2D eigenvalue weighted by atomic mass is 9.84. The van der Waals surface area contributed by atoms with Crippen LogP contribution in [0.3, 0.4) is 0 Å². The molecular formula is C20H27N7O. The Morgan fingerprint density at radius 3 is 2.68 bits per heavy atom. The van der Waals surface area contributed by atoms with Gasteiger partial charge in [0.1, 0.15) is 11.6 Å². The molecule has 2 aromatic heterocycles. The van der Waals surface area contributed by atoms with Gasteiger partial charge in [0.25, 0.3) is 0 Å². The van der Waals surface area contributed by atoms with E-state index in [0.717, 1.165) is 61.3 Å². The van der Waals surface area contributed by atoms with E-state index in [1.807, 2.05) is 13.0 Å². The van der Waals surface area contributed by atoms with Crippen LogP contribution >= 0.6 is 0 Å². The molecule has 1 saturated heterocycles. The molecule has 0 aromatic carbocycles. The maximum Gasteiger partial charge on any atom is 0.223 e. The number of nitrogens with one attached hydrogen (secondary N) is 1. The number of pyridine rings is 1. The lowest BCUT2D eigenvalue weighted by Crippen LogP contribution is -2.50. The Labute approximate surface area is 164 Å². The summed E-state index contributed by atoms with van der Waals surface area (Å²) in [6.07, 6.45) is 6.88. The van der Waals surface area contributed by atoms with Crippen molar-refractivity contribution in [3.8, 4) is 11.1 Å². The zero-order chi connectivity index (χ0) is 19.7. The Hall–Kier alpha value is -2.90. The van der Waals surface area contributed by atoms with E-state index < -0.39 is 0 Å². The van der Waals surface area contributed by atoms with E-state index in [-0.39, 0.29) is 23.8 Å². The Morgan fingerprint density at radius 1 is 1.18 bits per heavy atom. The van der Waals surface area contributed by atoms with E-state index in [1.165, 1.54) is 0 Å². The number of aromatic nitrogens is 3. The first kappa shape index (κ1) is 18.5. The third kappa shape index (κ3) is 3.72. The molecule has 148 valence electrons. The first-order chi connectivity index (χ1) is 13.5. The molecular weight excluding hydrogens is 354 g/mol. The molecule has 8 nitrogen and oxygen atoms in total. The van der Waals surface area contributed by atoms with Gasteiger partial charge in [-0.1, -0.05) is 6.42 Å². The topological polar surface area (TPSA) is 123 Å². The van der Waals surface area contributed by atoms with Crippen molar-refractivity contribution in [2.45, 2.75) is 45.1 Å². The van der Waals surface area contributed by atoms with Crippen LogP contribution in [0.2, 0.25) is 0 Å². The SMILES string of the molecule is Cc1nc(N)nc(N2CCCC(NC(=O)C3CCC3)C2)c1-c1ccc(N)nc1. The molecule has 8 heteroatoms. The van der Waals surface area contributed by atoms with Gasteiger partial charge in [-0.25, -0.2) is 9.97 Å². The van der Waals surface area contributed by atoms with Gasteiger partial charge in [0.2, 0.25) is 11.9 Å². The molecule has 0 spiro atoms. The summed E-state index contributed by atoms with van der Waals surface area (Å²) in [5, 5.41) is 3.23. The summed E-state index contributed by atoms with van der Waals surface area (Å²) < 4.78 is 0. The van der Waals surface area contributed by atoms with Crippen LogP contribution in [0.1, 0.15) is 37.8 Å². The third-order valence-electron chi connectivity index (χ3n) is 5.71. The number of nitrogens with zero attached hydrogens (tertiary/aromatic N) is 4. The number of nitrogens with two attached hydrogens (primary N) is 2. The van der Waals surface area contributed by atoms with Gasteiger partial charge in [-0.05, 0) is 44.7 Å². The van der Waals surface area contributed by atoms with E-state index >= 15 is 0 Å². The summed E-state index contributed by atoms with van der Waals surface area (Å²) in [4.78, 5) is 27.7. The maximum atomic E-state index is 12.4. The molecule has 2 fully saturated rings. The average Bonchev–Trinajstić information content (AvgIpc) is 2.61. The predicted molar refractivity (Wildman–Crippen MR) is 110 cm³/mol. The fraction of sp³-hybridized carbons (Fsp3) is 0.500. The van der Waals surface area contributed by atoms with Crippen molar-refractivity contribution in [3.63, 3.8) is 0 Å². The number of hydrogen-bond acceptors (Lipinski definition) is 7. The molecule has 2 aliphatic rings. The van der Waals surface area contributed by atoms with Crippen LogP contribution in [-0.4, -0.2) is 40.0 Å². The van der Waals surface area contributed by atoms with E-state index in [0.29, 0.717) is 12.4 Å². The number of hydrogen-bond donors (Lipinski definition) is 3. The van der Waals surface area contributed by atoms with Crippen LogP contribution in [0.5, 0.6) is 0 Å². The van der Waals surface area contributed by atoms with Crippen molar-refractivity contribution in [1.82, 2.24) is 20.3 Å². The van der Waals surface area contributed by atoms with Crippen molar-refractivity contribution in [1.29, 1.82) is 0 Å². The molecule has 28 heavy (non-hydrogen) atoms. The number of anilines is 3. The fourth-order valence-electron chi connectivity index (χ4n) is 3.98. The van der Waals surface area contributed by atoms with Crippen molar-refractivity contribution in [2.75, 3.05) is 29.5 Å². The molecule has 1 saturated carbocycles. The summed E-state index contributed by atoms with van der Waals surface area (Å²) >= 11 is 0. The first-order valence-electron chi connectivity index (χ1n) is 9.92. The van der Waals surface area contributed by atoms with Gasteiger partial charge in [-0.2, -0.15) is 4.98 Å². The van der Waals surface area contributed by atoms with Gasteiger partial charge in [0, 0.05) is 42.4 Å². The monoisotopic (exact) mass is 381 g/mol. The smallest absolute Gasteiger partial charge is 0.223 e. The highest BCUT2D eigenvalue weighted by atomic mass is 16.2. The number of amides is 1. The number of carbonyl (C=O) groups excluding carboxylic acids is 1. The second kappa shape index (κ2) is 7.61. The molecule has 1 aliphatic heterocycles. The van der Waals surface area contributed by atoms with E-state index in [9.17, 15) is 4.79 Å². The molecule has 5 N–H and O–H groups in total. The minimum absolute atomic E-state index is 0.121. The van der Waals surface area contributed by atoms with E-state index in [2.05, 4.69) is 25.2 Å². The average molecular weight is 381 g/mol. The summed E-state index contributed by atoms with van der Waals surface area (Å²) in [7, 11) is 0. The molecule has 1 unspecified atom stereocenters. The van der Waals surface area contributed by atoms with E-state index in [1.54, 1.807) is 12.3 Å². The van der Waals surface area contributed by atoms with Crippen LogP contribution < -0.4 is 21.7 Å². The highest BCUT2D eigenvalue weighted by Crippen LogP contribution is 2.34. The summed E-state index contributed by atoms with van der Waals surface area (Å²) in [6.45, 7) is 3.50. The van der Waals surface area contributed by atoms with E-state index in [4.69, 9.17) is 11.5 Å². The number of nitrogen functional groups attached to an aromatic ring is 2. The second-order valence-electron chi connectivity index (χ2n) is 7.76. The van der Waals surface area contributed by atoms with Crippen LogP contribution in [0.4, 0.5) is 17.6 Å². The molecule has 2 aromatic rings. The predicted octanol–water partition coefficient (Wildman–Crippen LogP) is 1.90. The van der Waals surface area contributed by atoms with Crippen LogP contribution in [0, 0.1) is 12.8 Å². The maximum absolute atomic E-state index is 12.4. The zero-order valence-corrected chi connectivity index (χ0v) is 16.2. The summed E-state index contributed by atoms with van der Waals surface area (Å²) in [6, 6.07) is 3.82. The number of carbonyl (C=O) groups is 1. The fourth-order valence-corrected chi connectivity index (χ4v) is 3.98. The zero-order valence-electron chi connectivity index (χ0n) is 16.2. The van der Waals surface area contributed by atoms with Gasteiger partial charge >= 0.3 is 0 Å².